The van der Waals surface area contributed by atoms with Gasteiger partial charge in [0.05, 0.1) is 37.6 Å². The third kappa shape index (κ3) is 7.63. The Balaban J connectivity index is 1.25. The lowest BCUT2D eigenvalue weighted by atomic mass is 10.0. The average molecular weight is 591 g/mol. The van der Waals surface area contributed by atoms with Crippen molar-refractivity contribution in [2.75, 3.05) is 0 Å². The third-order valence-corrected chi connectivity index (χ3v) is 7.30. The first-order valence-electron chi connectivity index (χ1n) is 14.9. The minimum Gasteiger partial charge on any atom is -0.343 e. The van der Waals surface area contributed by atoms with Crippen molar-refractivity contribution in [3.8, 4) is 0 Å². The van der Waals surface area contributed by atoms with E-state index in [1.165, 1.54) is 0 Å². The molecule has 0 saturated carbocycles. The van der Waals surface area contributed by atoms with Crippen LogP contribution in [0.3, 0.4) is 0 Å². The van der Waals surface area contributed by atoms with E-state index in [2.05, 4.69) is 55.5 Å². The van der Waals surface area contributed by atoms with Gasteiger partial charge in [-0.15, -0.1) is 10.2 Å². The van der Waals surface area contributed by atoms with E-state index in [-0.39, 0.29) is 35.7 Å². The molecular formula is C34H38N8O2. The van der Waals surface area contributed by atoms with Crippen molar-refractivity contribution < 1.29 is 9.59 Å². The van der Waals surface area contributed by atoms with Crippen LogP contribution in [0.25, 0.3) is 0 Å². The maximum atomic E-state index is 12.5. The summed E-state index contributed by atoms with van der Waals surface area (Å²) in [5.74, 6) is -0.372. The van der Waals surface area contributed by atoms with Crippen LogP contribution >= 0.6 is 0 Å². The molecule has 2 aromatic heterocycles. The summed E-state index contributed by atoms with van der Waals surface area (Å²) < 4.78 is 3.56. The number of nitrogens with zero attached hydrogens (tertiary/aromatic N) is 6. The Bertz CT molecular complexity index is 1540. The van der Waals surface area contributed by atoms with Crippen molar-refractivity contribution in [3.05, 3.63) is 131 Å². The van der Waals surface area contributed by atoms with Gasteiger partial charge in [0.25, 0.3) is 0 Å². The van der Waals surface area contributed by atoms with Gasteiger partial charge in [0, 0.05) is 11.8 Å². The monoisotopic (exact) mass is 590 g/mol. The minimum absolute atomic E-state index is 0.0422. The largest absolute Gasteiger partial charge is 0.343 e. The molecule has 0 bridgehead atoms. The first kappa shape index (κ1) is 30.3. The van der Waals surface area contributed by atoms with E-state index < -0.39 is 0 Å². The van der Waals surface area contributed by atoms with Crippen LogP contribution in [-0.2, 0) is 22.7 Å². The van der Waals surface area contributed by atoms with Crippen molar-refractivity contribution in [2.45, 2.75) is 52.9 Å². The van der Waals surface area contributed by atoms with Crippen LogP contribution in [0.4, 0.5) is 0 Å². The summed E-state index contributed by atoms with van der Waals surface area (Å²) in [6.45, 7) is 8.55. The number of amides is 2. The highest BCUT2D eigenvalue weighted by molar-refractivity contribution is 5.79. The average Bonchev–Trinajstić information content (AvgIpc) is 3.70. The third-order valence-electron chi connectivity index (χ3n) is 7.30. The van der Waals surface area contributed by atoms with E-state index in [9.17, 15) is 9.59 Å². The molecule has 0 aliphatic rings. The normalized spacial score (nSPS) is 12.7. The Hall–Kier alpha value is -5.12. The quantitative estimate of drug-likeness (QED) is 0.218. The second-order valence-corrected chi connectivity index (χ2v) is 11.5. The topological polar surface area (TPSA) is 120 Å². The Morgan fingerprint density at radius 3 is 1.30 bits per heavy atom. The summed E-state index contributed by atoms with van der Waals surface area (Å²) >= 11 is 0. The molecule has 0 saturated heterocycles. The van der Waals surface area contributed by atoms with Crippen molar-refractivity contribution in [1.29, 1.82) is 0 Å². The fraction of sp³-hybridized carbons (Fsp3) is 0.294. The number of benzene rings is 3. The van der Waals surface area contributed by atoms with Crippen LogP contribution in [0, 0.1) is 11.8 Å². The summed E-state index contributed by atoms with van der Waals surface area (Å²) in [4.78, 5) is 25.1. The smallest absolute Gasteiger partial charge is 0.223 e. The van der Waals surface area contributed by atoms with Crippen LogP contribution in [0.1, 0.15) is 73.4 Å². The molecule has 0 aliphatic carbocycles. The first-order chi connectivity index (χ1) is 21.3. The Morgan fingerprint density at radius 2 is 0.955 bits per heavy atom. The highest BCUT2D eigenvalue weighted by atomic mass is 16.2. The Labute approximate surface area is 257 Å². The molecule has 2 N–H and O–H groups in total. The van der Waals surface area contributed by atoms with Crippen molar-refractivity contribution in [1.82, 2.24) is 40.6 Å². The number of nitrogens with one attached hydrogen (secondary N) is 2. The van der Waals surface area contributed by atoms with Gasteiger partial charge in [-0.3, -0.25) is 9.59 Å². The molecule has 2 amide bonds. The molecule has 226 valence electrons. The highest BCUT2D eigenvalue weighted by Gasteiger charge is 2.23. The van der Waals surface area contributed by atoms with Crippen LogP contribution in [0.5, 0.6) is 0 Å². The molecule has 0 radical (unpaired) electrons. The second-order valence-electron chi connectivity index (χ2n) is 11.5. The maximum absolute atomic E-state index is 12.5. The van der Waals surface area contributed by atoms with E-state index in [1.807, 2.05) is 101 Å². The Kier molecular flexibility index (Phi) is 9.59. The van der Waals surface area contributed by atoms with E-state index in [0.717, 1.165) is 22.3 Å². The molecule has 0 fully saturated rings. The number of hydrogen-bond donors (Lipinski definition) is 2. The fourth-order valence-corrected chi connectivity index (χ4v) is 4.73. The molecule has 2 heterocycles. The van der Waals surface area contributed by atoms with Gasteiger partial charge in [-0.2, -0.15) is 0 Å². The molecule has 5 rings (SSSR count). The predicted molar refractivity (Wildman–Crippen MR) is 167 cm³/mol. The summed E-state index contributed by atoms with van der Waals surface area (Å²) in [7, 11) is 0. The zero-order valence-corrected chi connectivity index (χ0v) is 25.5. The second kappa shape index (κ2) is 13.9. The van der Waals surface area contributed by atoms with Gasteiger partial charge in [0.15, 0.2) is 0 Å². The van der Waals surface area contributed by atoms with Crippen molar-refractivity contribution in [2.24, 2.45) is 11.8 Å². The van der Waals surface area contributed by atoms with Gasteiger partial charge in [0.1, 0.15) is 11.4 Å². The summed E-state index contributed by atoms with van der Waals surface area (Å²) in [5.41, 5.74) is 5.39. The van der Waals surface area contributed by atoms with E-state index >= 15 is 0 Å². The molecule has 2 unspecified atom stereocenters. The minimum atomic E-state index is -0.380. The summed E-state index contributed by atoms with van der Waals surface area (Å²) in [6, 6.07) is 27.0. The van der Waals surface area contributed by atoms with Gasteiger partial charge in [-0.25, -0.2) is 9.36 Å². The summed E-state index contributed by atoms with van der Waals surface area (Å²) in [6.07, 6.45) is 3.76. The zero-order chi connectivity index (χ0) is 31.1. The fourth-order valence-electron chi connectivity index (χ4n) is 4.73. The molecule has 5 aromatic rings. The standard InChI is InChI=1S/C34H38N8O2/c1-23(2)33(43)35-31(27-11-7-5-8-12-27)29-21-41(39-37-29)19-25-15-17-26(18-16-25)20-42-22-30(38-40-42)32(36-34(44)24(3)4)28-13-9-6-10-14-28/h5-18,21-24,31-32H,19-20H2,1-4H3,(H,35,43)(H,36,44). The SMILES string of the molecule is CC(C)C(=O)NC(c1ccccc1)c1cn(Cc2ccc(Cn3cc(C(NC(=O)C(C)C)c4ccccc4)nn3)cc2)nn1. The zero-order valence-electron chi connectivity index (χ0n) is 25.5. The Morgan fingerprint density at radius 1 is 0.591 bits per heavy atom. The van der Waals surface area contributed by atoms with Crippen molar-refractivity contribution in [3.63, 3.8) is 0 Å². The molecule has 2 atom stereocenters. The molecular weight excluding hydrogens is 552 g/mol. The van der Waals surface area contributed by atoms with Gasteiger partial charge in [-0.1, -0.05) is 123 Å². The van der Waals surface area contributed by atoms with Crippen LogP contribution in [0.15, 0.2) is 97.3 Å². The maximum Gasteiger partial charge on any atom is 0.223 e. The lowest BCUT2D eigenvalue weighted by Crippen LogP contribution is -2.32. The number of carbonyl (C=O) groups excluding carboxylic acids is 2. The lowest BCUT2D eigenvalue weighted by Gasteiger charge is -2.18. The number of carbonyl (C=O) groups is 2. The lowest BCUT2D eigenvalue weighted by molar-refractivity contribution is -0.125. The number of rotatable bonds is 12. The number of hydrogen-bond acceptors (Lipinski definition) is 6. The van der Waals surface area contributed by atoms with Crippen LogP contribution in [-0.4, -0.2) is 41.8 Å². The van der Waals surface area contributed by atoms with Crippen LogP contribution in [0.2, 0.25) is 0 Å². The molecule has 0 spiro atoms. The molecule has 44 heavy (non-hydrogen) atoms. The summed E-state index contributed by atoms with van der Waals surface area (Å²) in [5, 5.41) is 23.7. The van der Waals surface area contributed by atoms with E-state index in [4.69, 9.17) is 0 Å². The first-order valence-corrected chi connectivity index (χ1v) is 14.9. The van der Waals surface area contributed by atoms with Crippen molar-refractivity contribution >= 4 is 11.8 Å². The van der Waals surface area contributed by atoms with Gasteiger partial charge >= 0.3 is 0 Å². The molecule has 10 nitrogen and oxygen atoms in total. The van der Waals surface area contributed by atoms with Crippen LogP contribution < -0.4 is 10.6 Å². The van der Waals surface area contributed by atoms with E-state index in [0.29, 0.717) is 24.5 Å². The predicted octanol–water partition coefficient (Wildman–Crippen LogP) is 4.69. The molecule has 10 heteroatoms. The van der Waals surface area contributed by atoms with E-state index in [1.54, 1.807) is 9.36 Å². The van der Waals surface area contributed by atoms with Gasteiger partial charge < -0.3 is 10.6 Å². The molecule has 3 aromatic carbocycles. The number of aromatic nitrogens is 6. The van der Waals surface area contributed by atoms with Gasteiger partial charge in [0.2, 0.25) is 11.8 Å². The van der Waals surface area contributed by atoms with Gasteiger partial charge in [-0.05, 0) is 22.3 Å². The molecule has 0 aliphatic heterocycles. The highest BCUT2D eigenvalue weighted by Crippen LogP contribution is 2.22.